The SMILES string of the molecule is CCCCC(CCCC)(CCCC)[C-]1CCCC1.CCCCC(CCCC)(CCCC)[C-]1CCCC1.CCCCC(CCCC)(CCCC)[C-]1CCCC1.[Cr+3]. The maximum Gasteiger partial charge on any atom is 3.00 e. The summed E-state index contributed by atoms with van der Waals surface area (Å²) >= 11 is 0. The molecule has 3 fully saturated rings. The van der Waals surface area contributed by atoms with Crippen molar-refractivity contribution in [3.05, 3.63) is 17.8 Å². The monoisotopic (exact) mass is 806 g/mol. The maximum atomic E-state index is 2.35. The largest absolute Gasteiger partial charge is 3.00 e. The van der Waals surface area contributed by atoms with Gasteiger partial charge in [0.25, 0.3) is 0 Å². The molecule has 0 bridgehead atoms. The van der Waals surface area contributed by atoms with Gasteiger partial charge in [0.2, 0.25) is 0 Å². The van der Waals surface area contributed by atoms with Crippen molar-refractivity contribution in [3.63, 3.8) is 0 Å². The maximum absolute atomic E-state index is 2.35. The van der Waals surface area contributed by atoms with Crippen molar-refractivity contribution in [2.24, 2.45) is 16.2 Å². The molecule has 0 atom stereocenters. The van der Waals surface area contributed by atoms with E-state index in [1.807, 2.05) is 17.8 Å². The first-order valence-corrected chi connectivity index (χ1v) is 25.9. The molecule has 1 heteroatoms. The summed E-state index contributed by atoms with van der Waals surface area (Å²) in [6.45, 7) is 21.2. The van der Waals surface area contributed by atoms with Gasteiger partial charge in [0, 0.05) is 0 Å². The quantitative estimate of drug-likeness (QED) is 0.0635. The predicted molar refractivity (Wildman–Crippen MR) is 248 cm³/mol. The summed E-state index contributed by atoms with van der Waals surface area (Å²) in [5, 5.41) is 0. The van der Waals surface area contributed by atoms with Gasteiger partial charge in [-0.25, -0.2) is 0 Å². The normalized spacial score (nSPS) is 17.2. The van der Waals surface area contributed by atoms with Crippen LogP contribution in [0.2, 0.25) is 0 Å². The van der Waals surface area contributed by atoms with E-state index in [0.29, 0.717) is 16.2 Å². The van der Waals surface area contributed by atoms with Crippen LogP contribution in [0.15, 0.2) is 0 Å². The molecule has 0 aliphatic heterocycles. The molecule has 0 heterocycles. The van der Waals surface area contributed by atoms with E-state index in [4.69, 9.17) is 0 Å². The first kappa shape index (κ1) is 55.5. The van der Waals surface area contributed by atoms with Gasteiger partial charge in [0.05, 0.1) is 0 Å². The minimum atomic E-state index is 0. The molecule has 0 unspecified atom stereocenters. The second kappa shape index (κ2) is 35.3. The molecule has 0 nitrogen and oxygen atoms in total. The third-order valence-electron chi connectivity index (χ3n) is 15.0. The van der Waals surface area contributed by atoms with E-state index in [1.54, 1.807) is 0 Å². The summed E-state index contributed by atoms with van der Waals surface area (Å²) < 4.78 is 0. The van der Waals surface area contributed by atoms with Gasteiger partial charge in [-0.1, -0.05) is 274 Å². The molecular formula is C54H105Cr. The molecule has 0 saturated heterocycles. The minimum absolute atomic E-state index is 0. The molecule has 0 amide bonds. The van der Waals surface area contributed by atoms with Crippen LogP contribution in [-0.2, 0) is 17.4 Å². The third kappa shape index (κ3) is 21.1. The van der Waals surface area contributed by atoms with Crippen LogP contribution in [0.5, 0.6) is 0 Å². The molecule has 327 valence electrons. The van der Waals surface area contributed by atoms with Gasteiger partial charge in [-0.05, 0) is 0 Å². The molecule has 3 aliphatic carbocycles. The molecule has 0 N–H and O–H groups in total. The molecular weight excluding hydrogens is 701 g/mol. The first-order chi connectivity index (χ1) is 26.4. The van der Waals surface area contributed by atoms with E-state index >= 15 is 0 Å². The van der Waals surface area contributed by atoms with Crippen molar-refractivity contribution in [2.45, 2.75) is 313 Å². The van der Waals surface area contributed by atoms with Crippen molar-refractivity contribution in [1.29, 1.82) is 0 Å². The third-order valence-corrected chi connectivity index (χ3v) is 15.0. The van der Waals surface area contributed by atoms with E-state index in [1.165, 1.54) is 250 Å². The van der Waals surface area contributed by atoms with E-state index in [-0.39, 0.29) is 17.4 Å². The average molecular weight is 806 g/mol. The summed E-state index contributed by atoms with van der Waals surface area (Å²) in [7, 11) is 0. The fourth-order valence-corrected chi connectivity index (χ4v) is 11.3. The summed E-state index contributed by atoms with van der Waals surface area (Å²) in [6.07, 6.45) is 56.2. The van der Waals surface area contributed by atoms with Crippen LogP contribution >= 0.6 is 0 Å². The zero-order valence-electron chi connectivity index (χ0n) is 40.0. The van der Waals surface area contributed by atoms with Gasteiger partial charge in [-0.15, -0.1) is 0 Å². The number of hydrogen-bond donors (Lipinski definition) is 0. The number of hydrogen-bond acceptors (Lipinski definition) is 0. The second-order valence-corrected chi connectivity index (χ2v) is 19.2. The zero-order valence-corrected chi connectivity index (χ0v) is 41.3. The summed E-state index contributed by atoms with van der Waals surface area (Å²) in [4.78, 5) is 0. The standard InChI is InChI=1S/3C18H35.Cr/c3*1-4-7-14-18(15-8-5-2,16-9-6-3)17-12-10-11-13-17;/h3*4-16H2,1-3H3;/q3*-1;+3. The fourth-order valence-electron chi connectivity index (χ4n) is 11.3. The molecule has 3 rings (SSSR count). The average Bonchev–Trinajstić information content (AvgIpc) is 4.04. The Balaban J connectivity index is 0.000000788. The van der Waals surface area contributed by atoms with Crippen LogP contribution in [-0.4, -0.2) is 0 Å². The topological polar surface area (TPSA) is 0 Å². The molecule has 0 aromatic carbocycles. The summed E-state index contributed by atoms with van der Waals surface area (Å²) in [6, 6.07) is 0. The Morgan fingerprint density at radius 2 is 0.382 bits per heavy atom. The van der Waals surface area contributed by atoms with Crippen LogP contribution in [0.25, 0.3) is 0 Å². The fraction of sp³-hybridized carbons (Fsp3) is 0.944. The van der Waals surface area contributed by atoms with Gasteiger partial charge in [0.1, 0.15) is 0 Å². The number of unbranched alkanes of at least 4 members (excludes halogenated alkanes) is 9. The van der Waals surface area contributed by atoms with Crippen molar-refractivity contribution >= 4 is 0 Å². The van der Waals surface area contributed by atoms with E-state index in [2.05, 4.69) is 62.3 Å². The van der Waals surface area contributed by atoms with Crippen molar-refractivity contribution < 1.29 is 17.4 Å². The molecule has 1 radical (unpaired) electrons. The van der Waals surface area contributed by atoms with Gasteiger partial charge >= 0.3 is 17.4 Å². The molecule has 3 saturated carbocycles. The Hall–Kier alpha value is 0.532. The number of rotatable bonds is 30. The molecule has 0 aromatic heterocycles. The van der Waals surface area contributed by atoms with Crippen LogP contribution < -0.4 is 0 Å². The Morgan fingerprint density at radius 3 is 0.491 bits per heavy atom. The van der Waals surface area contributed by atoms with Gasteiger partial charge in [-0.3, -0.25) is 0 Å². The Labute approximate surface area is 362 Å². The predicted octanol–water partition coefficient (Wildman–Crippen LogP) is 20.1. The van der Waals surface area contributed by atoms with Crippen LogP contribution in [0.4, 0.5) is 0 Å². The molecule has 0 aromatic rings. The Morgan fingerprint density at radius 1 is 0.255 bits per heavy atom. The summed E-state index contributed by atoms with van der Waals surface area (Å²) in [5.41, 5.74) is 1.95. The smallest absolute Gasteiger partial charge is 0.308 e. The summed E-state index contributed by atoms with van der Waals surface area (Å²) in [5.74, 6) is 5.91. The van der Waals surface area contributed by atoms with Gasteiger partial charge < -0.3 is 17.8 Å². The van der Waals surface area contributed by atoms with E-state index in [0.717, 1.165) is 0 Å². The molecule has 3 aliphatic rings. The Kier molecular flexibility index (Phi) is 35.6. The van der Waals surface area contributed by atoms with Crippen molar-refractivity contribution in [1.82, 2.24) is 0 Å². The zero-order chi connectivity index (χ0) is 39.8. The Bertz CT molecular complexity index is 611. The van der Waals surface area contributed by atoms with Crippen molar-refractivity contribution in [3.8, 4) is 0 Å². The van der Waals surface area contributed by atoms with E-state index < -0.39 is 0 Å². The van der Waals surface area contributed by atoms with Crippen LogP contribution in [0.3, 0.4) is 0 Å². The van der Waals surface area contributed by atoms with Gasteiger partial charge in [-0.2, -0.15) is 54.8 Å². The van der Waals surface area contributed by atoms with Crippen LogP contribution in [0, 0.1) is 34.0 Å². The van der Waals surface area contributed by atoms with Crippen molar-refractivity contribution in [2.75, 3.05) is 0 Å². The molecule has 55 heavy (non-hydrogen) atoms. The minimum Gasteiger partial charge on any atom is -0.308 e. The van der Waals surface area contributed by atoms with Gasteiger partial charge in [0.15, 0.2) is 0 Å². The second-order valence-electron chi connectivity index (χ2n) is 19.2. The van der Waals surface area contributed by atoms with E-state index in [9.17, 15) is 0 Å². The first-order valence-electron chi connectivity index (χ1n) is 25.9. The van der Waals surface area contributed by atoms with Crippen LogP contribution in [0.1, 0.15) is 313 Å². The molecule has 0 spiro atoms.